The molecule has 5 heteroatoms. The normalized spacial score (nSPS) is 9.92. The van der Waals surface area contributed by atoms with Crippen molar-refractivity contribution in [2.24, 2.45) is 0 Å². The van der Waals surface area contributed by atoms with Crippen LogP contribution in [0.4, 0.5) is 11.8 Å². The second kappa shape index (κ2) is 5.31. The van der Waals surface area contributed by atoms with Gasteiger partial charge in [-0.05, 0) is 13.0 Å². The molecule has 0 saturated heterocycles. The lowest BCUT2D eigenvalue weighted by molar-refractivity contribution is 0.158. The van der Waals surface area contributed by atoms with Gasteiger partial charge in [0.1, 0.15) is 5.82 Å². The molecule has 0 radical (unpaired) electrons. The number of nitrogens with one attached hydrogen (secondary N) is 1. The minimum atomic E-state index is 0.279. The zero-order chi connectivity index (χ0) is 9.52. The van der Waals surface area contributed by atoms with Crippen molar-refractivity contribution in [2.75, 3.05) is 30.8 Å². The lowest BCUT2D eigenvalue weighted by atomic mass is 10.5. The third kappa shape index (κ3) is 3.71. The van der Waals surface area contributed by atoms with Gasteiger partial charge in [-0.2, -0.15) is 4.98 Å². The predicted molar refractivity (Wildman–Crippen MR) is 51.4 cm³/mol. The zero-order valence-electron chi connectivity index (χ0n) is 7.66. The largest absolute Gasteiger partial charge is 0.380 e. The molecule has 1 aromatic heterocycles. The maximum absolute atomic E-state index is 5.40. The average Bonchev–Trinajstić information content (AvgIpc) is 2.13. The molecule has 72 valence electrons. The Morgan fingerprint density at radius 1 is 1.62 bits per heavy atom. The number of anilines is 2. The molecule has 3 N–H and O–H groups in total. The maximum Gasteiger partial charge on any atom is 0.221 e. The number of rotatable bonds is 5. The SMILES string of the molecule is CCOCCNc1ccnc(N)n1. The van der Waals surface area contributed by atoms with Gasteiger partial charge in [-0.25, -0.2) is 4.98 Å². The van der Waals surface area contributed by atoms with Crippen LogP contribution in [0.3, 0.4) is 0 Å². The van der Waals surface area contributed by atoms with E-state index in [1.165, 1.54) is 0 Å². The van der Waals surface area contributed by atoms with Crippen LogP contribution in [0.2, 0.25) is 0 Å². The van der Waals surface area contributed by atoms with Crippen LogP contribution in [0.1, 0.15) is 6.92 Å². The van der Waals surface area contributed by atoms with E-state index in [2.05, 4.69) is 15.3 Å². The molecule has 0 aliphatic carbocycles. The van der Waals surface area contributed by atoms with Gasteiger partial charge in [-0.3, -0.25) is 0 Å². The number of nitrogens with two attached hydrogens (primary N) is 1. The van der Waals surface area contributed by atoms with Crippen molar-refractivity contribution in [3.05, 3.63) is 12.3 Å². The Hall–Kier alpha value is -1.36. The number of hydrogen-bond donors (Lipinski definition) is 2. The van der Waals surface area contributed by atoms with Gasteiger partial charge in [0.2, 0.25) is 5.95 Å². The van der Waals surface area contributed by atoms with Crippen LogP contribution in [0.25, 0.3) is 0 Å². The van der Waals surface area contributed by atoms with Gasteiger partial charge in [-0.1, -0.05) is 0 Å². The summed E-state index contributed by atoms with van der Waals surface area (Å²) in [5.74, 6) is 1.01. The van der Waals surface area contributed by atoms with Gasteiger partial charge in [0.15, 0.2) is 0 Å². The van der Waals surface area contributed by atoms with E-state index >= 15 is 0 Å². The molecular formula is C8H14N4O. The zero-order valence-corrected chi connectivity index (χ0v) is 7.66. The second-order valence-electron chi connectivity index (χ2n) is 2.42. The van der Waals surface area contributed by atoms with E-state index in [0.29, 0.717) is 6.61 Å². The first-order valence-corrected chi connectivity index (χ1v) is 4.23. The summed E-state index contributed by atoms with van der Waals surface area (Å²) < 4.78 is 5.15. The van der Waals surface area contributed by atoms with E-state index in [1.807, 2.05) is 6.92 Å². The molecule has 0 bridgehead atoms. The number of aromatic nitrogens is 2. The second-order valence-corrected chi connectivity index (χ2v) is 2.42. The molecule has 0 aliphatic rings. The first kappa shape index (κ1) is 9.73. The summed E-state index contributed by atoms with van der Waals surface area (Å²) in [6, 6.07) is 1.77. The Morgan fingerprint density at radius 2 is 2.46 bits per heavy atom. The average molecular weight is 182 g/mol. The van der Waals surface area contributed by atoms with E-state index < -0.39 is 0 Å². The van der Waals surface area contributed by atoms with Gasteiger partial charge in [-0.15, -0.1) is 0 Å². The molecule has 13 heavy (non-hydrogen) atoms. The van der Waals surface area contributed by atoms with Crippen LogP contribution in [0.5, 0.6) is 0 Å². The Kier molecular flexibility index (Phi) is 3.98. The van der Waals surface area contributed by atoms with E-state index in [4.69, 9.17) is 10.5 Å². The highest BCUT2D eigenvalue weighted by molar-refractivity contribution is 5.36. The summed E-state index contributed by atoms with van der Waals surface area (Å²) in [7, 11) is 0. The molecule has 1 heterocycles. The minimum absolute atomic E-state index is 0.279. The number of nitrogens with zero attached hydrogens (tertiary/aromatic N) is 2. The lowest BCUT2D eigenvalue weighted by Gasteiger charge is -2.04. The van der Waals surface area contributed by atoms with Crippen molar-refractivity contribution < 1.29 is 4.74 Å². The third-order valence-corrected chi connectivity index (χ3v) is 1.43. The van der Waals surface area contributed by atoms with Crippen LogP contribution in [0.15, 0.2) is 12.3 Å². The number of ether oxygens (including phenoxy) is 1. The third-order valence-electron chi connectivity index (χ3n) is 1.43. The molecule has 0 aliphatic heterocycles. The van der Waals surface area contributed by atoms with E-state index in [1.54, 1.807) is 12.3 Å². The number of nitrogen functional groups attached to an aromatic ring is 1. The molecule has 1 aromatic rings. The molecule has 5 nitrogen and oxygen atoms in total. The van der Waals surface area contributed by atoms with E-state index in [-0.39, 0.29) is 5.95 Å². The fourth-order valence-electron chi connectivity index (χ4n) is 0.868. The number of hydrogen-bond acceptors (Lipinski definition) is 5. The summed E-state index contributed by atoms with van der Waals surface area (Å²) in [5.41, 5.74) is 5.40. The van der Waals surface area contributed by atoms with Crippen molar-refractivity contribution in [3.8, 4) is 0 Å². The highest BCUT2D eigenvalue weighted by atomic mass is 16.5. The van der Waals surface area contributed by atoms with Crippen LogP contribution in [-0.4, -0.2) is 29.7 Å². The summed E-state index contributed by atoms with van der Waals surface area (Å²) in [4.78, 5) is 7.75. The molecule has 0 saturated carbocycles. The fourth-order valence-corrected chi connectivity index (χ4v) is 0.868. The Bertz CT molecular complexity index is 254. The van der Waals surface area contributed by atoms with Crippen molar-refractivity contribution in [1.82, 2.24) is 9.97 Å². The standard InChI is InChI=1S/C8H14N4O/c1-2-13-6-5-10-7-3-4-11-8(9)12-7/h3-4H,2,5-6H2,1H3,(H3,9,10,11,12). The van der Waals surface area contributed by atoms with E-state index in [0.717, 1.165) is 19.0 Å². The lowest BCUT2D eigenvalue weighted by Crippen LogP contribution is -2.10. The summed E-state index contributed by atoms with van der Waals surface area (Å²) in [5, 5.41) is 3.06. The Labute approximate surface area is 77.3 Å². The van der Waals surface area contributed by atoms with Crippen molar-refractivity contribution in [1.29, 1.82) is 0 Å². The predicted octanol–water partition coefficient (Wildman–Crippen LogP) is 0.507. The highest BCUT2D eigenvalue weighted by Gasteiger charge is 1.93. The smallest absolute Gasteiger partial charge is 0.221 e. The molecule has 0 fully saturated rings. The van der Waals surface area contributed by atoms with Crippen LogP contribution < -0.4 is 11.1 Å². The topological polar surface area (TPSA) is 73.1 Å². The van der Waals surface area contributed by atoms with Crippen molar-refractivity contribution in [3.63, 3.8) is 0 Å². The molecule has 1 rings (SSSR count). The molecule has 0 atom stereocenters. The Morgan fingerprint density at radius 3 is 3.15 bits per heavy atom. The van der Waals surface area contributed by atoms with Gasteiger partial charge >= 0.3 is 0 Å². The monoisotopic (exact) mass is 182 g/mol. The summed E-state index contributed by atoms with van der Waals surface area (Å²) in [6.07, 6.45) is 1.62. The highest BCUT2D eigenvalue weighted by Crippen LogP contribution is 2.01. The minimum Gasteiger partial charge on any atom is -0.380 e. The van der Waals surface area contributed by atoms with Gasteiger partial charge in [0, 0.05) is 19.3 Å². The molecule has 0 aromatic carbocycles. The summed E-state index contributed by atoms with van der Waals surface area (Å²) >= 11 is 0. The van der Waals surface area contributed by atoms with Crippen LogP contribution >= 0.6 is 0 Å². The quantitative estimate of drug-likeness (QED) is 0.649. The fraction of sp³-hybridized carbons (Fsp3) is 0.500. The van der Waals surface area contributed by atoms with Crippen LogP contribution in [-0.2, 0) is 4.74 Å². The van der Waals surface area contributed by atoms with E-state index in [9.17, 15) is 0 Å². The van der Waals surface area contributed by atoms with Gasteiger partial charge in [0.25, 0.3) is 0 Å². The Balaban J connectivity index is 2.28. The van der Waals surface area contributed by atoms with Gasteiger partial charge in [0.05, 0.1) is 6.61 Å². The maximum atomic E-state index is 5.40. The molecule has 0 amide bonds. The van der Waals surface area contributed by atoms with Crippen molar-refractivity contribution in [2.45, 2.75) is 6.92 Å². The van der Waals surface area contributed by atoms with Gasteiger partial charge < -0.3 is 15.8 Å². The molecule has 0 unspecified atom stereocenters. The van der Waals surface area contributed by atoms with Crippen LogP contribution in [0, 0.1) is 0 Å². The van der Waals surface area contributed by atoms with Crippen molar-refractivity contribution >= 4 is 11.8 Å². The molecule has 0 spiro atoms. The first-order chi connectivity index (χ1) is 6.33. The summed E-state index contributed by atoms with van der Waals surface area (Å²) in [6.45, 7) is 4.08. The first-order valence-electron chi connectivity index (χ1n) is 4.23. The molecular weight excluding hydrogens is 168 g/mol.